The predicted octanol–water partition coefficient (Wildman–Crippen LogP) is 6.62. The molecule has 3 aromatic carbocycles. The van der Waals surface area contributed by atoms with Gasteiger partial charge in [-0.1, -0.05) is 47.5 Å². The third-order valence-electron chi connectivity index (χ3n) is 4.45. The van der Waals surface area contributed by atoms with Crippen LogP contribution in [-0.2, 0) is 4.79 Å². The Morgan fingerprint density at radius 2 is 1.47 bits per heavy atom. The molecule has 30 heavy (non-hydrogen) atoms. The van der Waals surface area contributed by atoms with Crippen LogP contribution < -0.4 is 5.32 Å². The number of benzene rings is 3. The van der Waals surface area contributed by atoms with Gasteiger partial charge in [0.05, 0.1) is 5.69 Å². The quantitative estimate of drug-likeness (QED) is 0.283. The molecular weight excluding hydrogens is 421 g/mol. The monoisotopic (exact) mass is 435 g/mol. The number of nitrogens with one attached hydrogen (secondary N) is 1. The number of ketones is 1. The summed E-state index contributed by atoms with van der Waals surface area (Å²) in [5.41, 5.74) is 2.07. The van der Waals surface area contributed by atoms with E-state index in [0.29, 0.717) is 32.3 Å². The molecular formula is C24H15Cl2NO3. The van der Waals surface area contributed by atoms with Crippen molar-refractivity contribution in [1.82, 2.24) is 0 Å². The molecule has 0 bridgehead atoms. The minimum Gasteiger partial charge on any atom is -0.450 e. The maximum Gasteiger partial charge on any atom is 0.248 e. The SMILES string of the molecule is O=C(C=Cc1ccc(Cl)cc1)Nc1c(C(=O)c2ccc(Cl)cc2)oc2ccccc12. The number of fused-ring (bicyclic) bond motifs is 1. The number of hydrogen-bond donors (Lipinski definition) is 1. The van der Waals surface area contributed by atoms with Gasteiger partial charge in [0, 0.05) is 27.1 Å². The van der Waals surface area contributed by atoms with Crippen LogP contribution in [0.25, 0.3) is 17.0 Å². The lowest BCUT2D eigenvalue weighted by atomic mass is 10.1. The highest BCUT2D eigenvalue weighted by atomic mass is 35.5. The fourth-order valence-corrected chi connectivity index (χ4v) is 3.22. The molecule has 6 heteroatoms. The zero-order chi connectivity index (χ0) is 21.1. The summed E-state index contributed by atoms with van der Waals surface area (Å²) < 4.78 is 5.79. The number of para-hydroxylation sites is 1. The van der Waals surface area contributed by atoms with E-state index in [1.165, 1.54) is 6.08 Å². The van der Waals surface area contributed by atoms with Crippen molar-refractivity contribution in [3.8, 4) is 0 Å². The van der Waals surface area contributed by atoms with Crippen molar-refractivity contribution < 1.29 is 14.0 Å². The zero-order valence-electron chi connectivity index (χ0n) is 15.6. The first-order valence-electron chi connectivity index (χ1n) is 9.08. The average molecular weight is 436 g/mol. The summed E-state index contributed by atoms with van der Waals surface area (Å²) >= 11 is 11.8. The molecule has 0 atom stereocenters. The molecule has 0 fully saturated rings. The smallest absolute Gasteiger partial charge is 0.248 e. The Hall–Kier alpha value is -3.34. The van der Waals surface area contributed by atoms with Crippen LogP contribution in [0.2, 0.25) is 10.0 Å². The molecule has 0 spiro atoms. The van der Waals surface area contributed by atoms with E-state index >= 15 is 0 Å². The van der Waals surface area contributed by atoms with Gasteiger partial charge in [0.15, 0.2) is 5.76 Å². The Balaban J connectivity index is 1.66. The molecule has 1 aromatic heterocycles. The first-order valence-corrected chi connectivity index (χ1v) is 9.83. The Kier molecular flexibility index (Phi) is 5.70. The van der Waals surface area contributed by atoms with Crippen LogP contribution in [0.4, 0.5) is 5.69 Å². The van der Waals surface area contributed by atoms with Gasteiger partial charge in [-0.15, -0.1) is 0 Å². The molecule has 148 valence electrons. The Bertz CT molecular complexity index is 1260. The molecule has 4 rings (SSSR count). The van der Waals surface area contributed by atoms with Gasteiger partial charge in [0.25, 0.3) is 0 Å². The maximum absolute atomic E-state index is 13.0. The normalized spacial score (nSPS) is 11.1. The number of hydrogen-bond acceptors (Lipinski definition) is 3. The van der Waals surface area contributed by atoms with E-state index in [1.54, 1.807) is 72.8 Å². The van der Waals surface area contributed by atoms with E-state index in [1.807, 2.05) is 6.07 Å². The van der Waals surface area contributed by atoms with Crippen LogP contribution in [0.5, 0.6) is 0 Å². The average Bonchev–Trinajstić information content (AvgIpc) is 3.12. The summed E-state index contributed by atoms with van der Waals surface area (Å²) in [5, 5.41) is 4.57. The molecule has 0 saturated carbocycles. The summed E-state index contributed by atoms with van der Waals surface area (Å²) in [6.45, 7) is 0. The minimum atomic E-state index is -0.387. The second-order valence-corrected chi connectivity index (χ2v) is 7.39. The van der Waals surface area contributed by atoms with Crippen LogP contribution >= 0.6 is 23.2 Å². The van der Waals surface area contributed by atoms with E-state index in [4.69, 9.17) is 27.6 Å². The standard InChI is InChI=1S/C24H15Cl2NO3/c25-17-10-5-15(6-11-17)7-14-21(28)27-22-19-3-1-2-4-20(19)30-24(22)23(29)16-8-12-18(26)13-9-16/h1-14H,(H,27,28). The summed E-state index contributed by atoms with van der Waals surface area (Å²) in [6.07, 6.45) is 3.05. The number of furan rings is 1. The lowest BCUT2D eigenvalue weighted by Crippen LogP contribution is -2.11. The van der Waals surface area contributed by atoms with Crippen LogP contribution in [0.3, 0.4) is 0 Å². The molecule has 1 amide bonds. The van der Waals surface area contributed by atoms with Crippen molar-refractivity contribution >= 4 is 57.6 Å². The molecule has 0 aliphatic rings. The highest BCUT2D eigenvalue weighted by Gasteiger charge is 2.22. The van der Waals surface area contributed by atoms with Crippen LogP contribution in [0, 0.1) is 0 Å². The summed E-state index contributed by atoms with van der Waals surface area (Å²) in [4.78, 5) is 25.6. The molecule has 0 aliphatic heterocycles. The van der Waals surface area contributed by atoms with Crippen molar-refractivity contribution in [2.45, 2.75) is 0 Å². The first-order chi connectivity index (χ1) is 14.5. The van der Waals surface area contributed by atoms with Gasteiger partial charge in [-0.2, -0.15) is 0 Å². The maximum atomic E-state index is 13.0. The first kappa shape index (κ1) is 20.0. The number of carbonyl (C=O) groups is 2. The molecule has 1 N–H and O–H groups in total. The van der Waals surface area contributed by atoms with E-state index < -0.39 is 0 Å². The fourth-order valence-electron chi connectivity index (χ4n) is 2.97. The summed E-state index contributed by atoms with van der Waals surface area (Å²) in [7, 11) is 0. The zero-order valence-corrected chi connectivity index (χ0v) is 17.1. The van der Waals surface area contributed by atoms with Gasteiger partial charge < -0.3 is 9.73 Å². The van der Waals surface area contributed by atoms with E-state index in [0.717, 1.165) is 5.56 Å². The molecule has 0 saturated heterocycles. The number of halogens is 2. The Labute approximate surface area is 182 Å². The number of anilines is 1. The molecule has 4 nitrogen and oxygen atoms in total. The van der Waals surface area contributed by atoms with Crippen LogP contribution in [0.1, 0.15) is 21.7 Å². The second kappa shape index (κ2) is 8.57. The molecule has 1 heterocycles. The lowest BCUT2D eigenvalue weighted by Gasteiger charge is -2.04. The number of rotatable bonds is 5. The minimum absolute atomic E-state index is 0.0618. The Morgan fingerprint density at radius 1 is 0.833 bits per heavy atom. The fraction of sp³-hybridized carbons (Fsp3) is 0. The van der Waals surface area contributed by atoms with Crippen LogP contribution in [-0.4, -0.2) is 11.7 Å². The lowest BCUT2D eigenvalue weighted by molar-refractivity contribution is -0.111. The van der Waals surface area contributed by atoms with Gasteiger partial charge in [0.1, 0.15) is 5.58 Å². The topological polar surface area (TPSA) is 59.3 Å². The third kappa shape index (κ3) is 4.30. The summed E-state index contributed by atoms with van der Waals surface area (Å²) in [6, 6.07) is 20.7. The molecule has 0 aliphatic carbocycles. The van der Waals surface area contributed by atoms with Crippen molar-refractivity contribution in [1.29, 1.82) is 0 Å². The number of amides is 1. The highest BCUT2D eigenvalue weighted by Crippen LogP contribution is 2.32. The van der Waals surface area contributed by atoms with Crippen molar-refractivity contribution in [2.24, 2.45) is 0 Å². The van der Waals surface area contributed by atoms with Gasteiger partial charge in [-0.05, 0) is 60.2 Å². The predicted molar refractivity (Wildman–Crippen MR) is 120 cm³/mol. The highest BCUT2D eigenvalue weighted by molar-refractivity contribution is 6.31. The largest absolute Gasteiger partial charge is 0.450 e. The van der Waals surface area contributed by atoms with Crippen LogP contribution in [0.15, 0.2) is 83.3 Å². The van der Waals surface area contributed by atoms with E-state index in [-0.39, 0.29) is 17.5 Å². The van der Waals surface area contributed by atoms with E-state index in [2.05, 4.69) is 5.32 Å². The van der Waals surface area contributed by atoms with Gasteiger partial charge in [-0.25, -0.2) is 0 Å². The molecule has 0 unspecified atom stereocenters. The van der Waals surface area contributed by atoms with Gasteiger partial charge >= 0.3 is 0 Å². The molecule has 4 aromatic rings. The van der Waals surface area contributed by atoms with Gasteiger partial charge in [0.2, 0.25) is 11.7 Å². The molecule has 0 radical (unpaired) electrons. The summed E-state index contributed by atoms with van der Waals surface area (Å²) in [5.74, 6) is -0.673. The number of carbonyl (C=O) groups excluding carboxylic acids is 2. The third-order valence-corrected chi connectivity index (χ3v) is 4.96. The van der Waals surface area contributed by atoms with Crippen molar-refractivity contribution in [3.05, 3.63) is 106 Å². The van der Waals surface area contributed by atoms with Gasteiger partial charge in [-0.3, -0.25) is 9.59 Å². The second-order valence-electron chi connectivity index (χ2n) is 6.51. The van der Waals surface area contributed by atoms with E-state index in [9.17, 15) is 9.59 Å². The van der Waals surface area contributed by atoms with Crippen molar-refractivity contribution in [2.75, 3.05) is 5.32 Å². The van der Waals surface area contributed by atoms with Crippen molar-refractivity contribution in [3.63, 3.8) is 0 Å². The Morgan fingerprint density at radius 3 is 2.17 bits per heavy atom.